The maximum Gasteiger partial charge on any atom is 0.311 e. The van der Waals surface area contributed by atoms with Gasteiger partial charge in [-0.2, -0.15) is 0 Å². The summed E-state index contributed by atoms with van der Waals surface area (Å²) >= 11 is 0. The van der Waals surface area contributed by atoms with Crippen LogP contribution in [0.15, 0.2) is 28.8 Å². The Kier molecular flexibility index (Phi) is 2.23. The van der Waals surface area contributed by atoms with Crippen molar-refractivity contribution < 1.29 is 9.15 Å². The zero-order chi connectivity index (χ0) is 9.97. The summed E-state index contributed by atoms with van der Waals surface area (Å²) in [6.45, 7) is 4.09. The summed E-state index contributed by atoms with van der Waals surface area (Å²) in [4.78, 5) is 3.64. The van der Waals surface area contributed by atoms with E-state index >= 15 is 0 Å². The van der Waals surface area contributed by atoms with Crippen LogP contribution in [-0.2, 0) is 0 Å². The van der Waals surface area contributed by atoms with E-state index in [1.54, 1.807) is 0 Å². The van der Waals surface area contributed by atoms with Gasteiger partial charge in [-0.25, -0.2) is 4.98 Å². The molecule has 2 aromatic rings. The fraction of sp³-hybridized carbons (Fsp3) is 0.182. The lowest BCUT2D eigenvalue weighted by Gasteiger charge is -2.04. The monoisotopic (exact) mass is 188 g/mol. The van der Waals surface area contributed by atoms with Gasteiger partial charge in [0.05, 0.1) is 0 Å². The molecule has 0 aliphatic rings. The standard InChI is InChI=1S/C11H10NO2/c1-8-3-4-10(5-9(8)2)14-11-6-12-7-13-11/h3-6H,1-2H3. The lowest BCUT2D eigenvalue weighted by Crippen LogP contribution is -1.85. The van der Waals surface area contributed by atoms with E-state index in [0.717, 1.165) is 5.75 Å². The maximum atomic E-state index is 5.39. The highest BCUT2D eigenvalue weighted by atomic mass is 16.6. The SMILES string of the molecule is Cc1ccc(Oc2cn[c]o2)cc1C. The third-order valence-corrected chi connectivity index (χ3v) is 2.07. The predicted molar refractivity (Wildman–Crippen MR) is 51.3 cm³/mol. The first kappa shape index (κ1) is 8.81. The Morgan fingerprint density at radius 2 is 2.14 bits per heavy atom. The Labute approximate surface area is 82.3 Å². The Morgan fingerprint density at radius 1 is 1.29 bits per heavy atom. The summed E-state index contributed by atoms with van der Waals surface area (Å²) in [7, 11) is 0. The van der Waals surface area contributed by atoms with E-state index in [1.165, 1.54) is 17.3 Å². The molecule has 1 aromatic heterocycles. The number of aromatic nitrogens is 1. The summed E-state index contributed by atoms with van der Waals surface area (Å²) in [5.74, 6) is 1.10. The molecule has 0 atom stereocenters. The molecule has 14 heavy (non-hydrogen) atoms. The lowest BCUT2D eigenvalue weighted by atomic mass is 10.1. The van der Waals surface area contributed by atoms with Gasteiger partial charge in [0, 0.05) is 0 Å². The smallest absolute Gasteiger partial charge is 0.311 e. The Balaban J connectivity index is 2.22. The van der Waals surface area contributed by atoms with Crippen molar-refractivity contribution in [1.29, 1.82) is 0 Å². The molecule has 2 rings (SSSR count). The third kappa shape index (κ3) is 1.76. The fourth-order valence-electron chi connectivity index (χ4n) is 1.12. The van der Waals surface area contributed by atoms with Crippen LogP contribution in [0.5, 0.6) is 11.7 Å². The van der Waals surface area contributed by atoms with Gasteiger partial charge in [0.15, 0.2) is 0 Å². The van der Waals surface area contributed by atoms with Gasteiger partial charge in [-0.3, -0.25) is 0 Å². The van der Waals surface area contributed by atoms with E-state index in [4.69, 9.17) is 9.15 Å². The number of rotatable bonds is 2. The second kappa shape index (κ2) is 3.54. The second-order valence-corrected chi connectivity index (χ2v) is 3.12. The van der Waals surface area contributed by atoms with Gasteiger partial charge in [-0.05, 0) is 37.1 Å². The van der Waals surface area contributed by atoms with E-state index < -0.39 is 0 Å². The van der Waals surface area contributed by atoms with Gasteiger partial charge in [-0.15, -0.1) is 0 Å². The van der Waals surface area contributed by atoms with Crippen LogP contribution in [0.25, 0.3) is 0 Å². The van der Waals surface area contributed by atoms with Crippen molar-refractivity contribution in [3.05, 3.63) is 41.9 Å². The average Bonchev–Trinajstić information content (AvgIpc) is 2.64. The number of hydrogen-bond donors (Lipinski definition) is 0. The van der Waals surface area contributed by atoms with Gasteiger partial charge in [0.1, 0.15) is 11.9 Å². The van der Waals surface area contributed by atoms with Crippen LogP contribution in [-0.4, -0.2) is 4.98 Å². The number of hydrogen-bond acceptors (Lipinski definition) is 3. The van der Waals surface area contributed by atoms with Crippen molar-refractivity contribution in [2.24, 2.45) is 0 Å². The normalized spacial score (nSPS) is 10.1. The number of oxazole rings is 1. The highest BCUT2D eigenvalue weighted by Crippen LogP contribution is 2.22. The molecule has 1 aromatic carbocycles. The van der Waals surface area contributed by atoms with Crippen LogP contribution in [0.2, 0.25) is 0 Å². The van der Waals surface area contributed by atoms with Crippen LogP contribution in [0, 0.1) is 20.2 Å². The molecule has 0 aliphatic heterocycles. The van der Waals surface area contributed by atoms with Crippen LogP contribution in [0.3, 0.4) is 0 Å². The molecule has 0 aliphatic carbocycles. The molecule has 0 spiro atoms. The highest BCUT2D eigenvalue weighted by molar-refractivity contribution is 5.35. The highest BCUT2D eigenvalue weighted by Gasteiger charge is 2.01. The molecule has 0 saturated carbocycles. The molecular weight excluding hydrogens is 178 g/mol. The number of nitrogens with zero attached hydrogens (tertiary/aromatic N) is 1. The van der Waals surface area contributed by atoms with Crippen molar-refractivity contribution in [2.75, 3.05) is 0 Å². The van der Waals surface area contributed by atoms with Crippen molar-refractivity contribution in [3.63, 3.8) is 0 Å². The molecule has 3 nitrogen and oxygen atoms in total. The summed E-state index contributed by atoms with van der Waals surface area (Å²) in [5.41, 5.74) is 2.42. The van der Waals surface area contributed by atoms with Gasteiger partial charge < -0.3 is 9.15 Å². The molecular formula is C11H10NO2. The van der Waals surface area contributed by atoms with Gasteiger partial charge in [0.2, 0.25) is 0 Å². The average molecular weight is 188 g/mol. The Hall–Kier alpha value is -1.77. The maximum absolute atomic E-state index is 5.39. The lowest BCUT2D eigenvalue weighted by molar-refractivity contribution is 0.343. The van der Waals surface area contributed by atoms with Gasteiger partial charge >= 0.3 is 5.95 Å². The van der Waals surface area contributed by atoms with Crippen molar-refractivity contribution in [2.45, 2.75) is 13.8 Å². The quantitative estimate of drug-likeness (QED) is 0.726. The van der Waals surface area contributed by atoms with Crippen LogP contribution < -0.4 is 4.74 Å². The molecule has 71 valence electrons. The van der Waals surface area contributed by atoms with Crippen molar-refractivity contribution in [3.8, 4) is 11.7 Å². The minimum atomic E-state index is 0.355. The second-order valence-electron chi connectivity index (χ2n) is 3.12. The minimum absolute atomic E-state index is 0.355. The molecule has 0 bridgehead atoms. The first-order valence-electron chi connectivity index (χ1n) is 4.33. The van der Waals surface area contributed by atoms with E-state index in [1.807, 2.05) is 25.1 Å². The van der Waals surface area contributed by atoms with Crippen LogP contribution >= 0.6 is 0 Å². The first-order chi connectivity index (χ1) is 6.75. The zero-order valence-corrected chi connectivity index (χ0v) is 8.07. The summed E-state index contributed by atoms with van der Waals surface area (Å²) < 4.78 is 10.2. The Morgan fingerprint density at radius 3 is 2.79 bits per heavy atom. The van der Waals surface area contributed by atoms with Crippen molar-refractivity contribution in [1.82, 2.24) is 4.98 Å². The minimum Gasteiger partial charge on any atom is -0.425 e. The summed E-state index contributed by atoms with van der Waals surface area (Å²) in [5, 5.41) is 0. The van der Waals surface area contributed by atoms with Crippen LogP contribution in [0.1, 0.15) is 11.1 Å². The molecule has 0 amide bonds. The summed E-state index contributed by atoms with van der Waals surface area (Å²) in [6.07, 6.45) is 3.81. The molecule has 1 heterocycles. The molecule has 1 radical (unpaired) electrons. The van der Waals surface area contributed by atoms with E-state index in [0.29, 0.717) is 5.95 Å². The van der Waals surface area contributed by atoms with Crippen LogP contribution in [0.4, 0.5) is 0 Å². The molecule has 0 N–H and O–H groups in total. The number of ether oxygens (including phenoxy) is 1. The third-order valence-electron chi connectivity index (χ3n) is 2.07. The number of benzene rings is 1. The topological polar surface area (TPSA) is 35.3 Å². The number of aryl methyl sites for hydroxylation is 2. The zero-order valence-electron chi connectivity index (χ0n) is 8.07. The van der Waals surface area contributed by atoms with Gasteiger partial charge in [0.25, 0.3) is 6.39 Å². The molecule has 0 unspecified atom stereocenters. The van der Waals surface area contributed by atoms with E-state index in [9.17, 15) is 0 Å². The van der Waals surface area contributed by atoms with E-state index in [-0.39, 0.29) is 0 Å². The molecule has 3 heteroatoms. The fourth-order valence-corrected chi connectivity index (χ4v) is 1.12. The largest absolute Gasteiger partial charge is 0.425 e. The Bertz CT molecular complexity index is 421. The summed E-state index contributed by atoms with van der Waals surface area (Å²) in [6, 6.07) is 5.85. The van der Waals surface area contributed by atoms with Crippen molar-refractivity contribution >= 4 is 0 Å². The van der Waals surface area contributed by atoms with E-state index in [2.05, 4.69) is 18.3 Å². The predicted octanol–water partition coefficient (Wildman–Crippen LogP) is 2.88. The molecule has 0 fully saturated rings. The molecule has 0 saturated heterocycles. The van der Waals surface area contributed by atoms with Gasteiger partial charge in [-0.1, -0.05) is 6.07 Å². The first-order valence-corrected chi connectivity index (χ1v) is 4.33.